The molecule has 1 aliphatic heterocycles. The van der Waals surface area contributed by atoms with Crippen LogP contribution < -0.4 is 0 Å². The first-order valence-electron chi connectivity index (χ1n) is 9.41. The first kappa shape index (κ1) is 17.9. The van der Waals surface area contributed by atoms with Crippen LogP contribution in [0.25, 0.3) is 0 Å². The molecule has 1 heterocycles. The van der Waals surface area contributed by atoms with E-state index in [2.05, 4.69) is 4.90 Å². The van der Waals surface area contributed by atoms with E-state index < -0.39 is 10.0 Å². The molecule has 0 N–H and O–H groups in total. The van der Waals surface area contributed by atoms with Gasteiger partial charge in [0.15, 0.2) is 0 Å². The summed E-state index contributed by atoms with van der Waals surface area (Å²) in [5, 5.41) is 0. The molecule has 2 fully saturated rings. The zero-order valence-electron chi connectivity index (χ0n) is 14.6. The van der Waals surface area contributed by atoms with E-state index in [0.717, 1.165) is 18.7 Å². The number of piperazine rings is 1. The van der Waals surface area contributed by atoms with Crippen LogP contribution in [0.1, 0.15) is 44.1 Å². The lowest BCUT2D eigenvalue weighted by molar-refractivity contribution is 0.126. The smallest absolute Gasteiger partial charge is 0.214 e. The number of benzene rings is 1. The molecule has 4 nitrogen and oxygen atoms in total. The highest BCUT2D eigenvalue weighted by atomic mass is 32.2. The monoisotopic (exact) mass is 350 g/mol. The summed E-state index contributed by atoms with van der Waals surface area (Å²) in [7, 11) is -3.14. The van der Waals surface area contributed by atoms with Gasteiger partial charge in [0.25, 0.3) is 0 Å². The standard InChI is InChI=1S/C19H30N2O2S/c22-24(23,17-12-18-8-4-3-5-9-18)21-15-13-20(14-16-21)19-10-6-1-2-7-11-19/h3-5,8-9,19H,1-2,6-7,10-17H2. The molecule has 5 heteroatoms. The Bertz CT molecular complexity index is 587. The van der Waals surface area contributed by atoms with Crippen molar-refractivity contribution in [3.8, 4) is 0 Å². The molecule has 0 bridgehead atoms. The highest BCUT2D eigenvalue weighted by molar-refractivity contribution is 7.89. The molecule has 2 aliphatic rings. The molecule has 0 atom stereocenters. The van der Waals surface area contributed by atoms with Crippen LogP contribution in [0.5, 0.6) is 0 Å². The Kier molecular flexibility index (Phi) is 6.31. The summed E-state index contributed by atoms with van der Waals surface area (Å²) in [5.41, 5.74) is 1.10. The lowest BCUT2D eigenvalue weighted by atomic mass is 10.1. The summed E-state index contributed by atoms with van der Waals surface area (Å²) in [4.78, 5) is 2.54. The third-order valence-corrected chi connectivity index (χ3v) is 7.37. The van der Waals surface area contributed by atoms with Gasteiger partial charge in [0.2, 0.25) is 10.0 Å². The van der Waals surface area contributed by atoms with Crippen LogP contribution in [-0.4, -0.2) is 55.6 Å². The van der Waals surface area contributed by atoms with Gasteiger partial charge in [-0.05, 0) is 24.8 Å². The fraction of sp³-hybridized carbons (Fsp3) is 0.684. The molecule has 1 aliphatic carbocycles. The second-order valence-electron chi connectivity index (χ2n) is 7.13. The molecule has 1 aromatic rings. The zero-order chi connectivity index (χ0) is 16.8. The lowest BCUT2D eigenvalue weighted by Crippen LogP contribution is -2.52. The molecule has 0 unspecified atom stereocenters. The minimum absolute atomic E-state index is 0.223. The van der Waals surface area contributed by atoms with Crippen LogP contribution in [0.4, 0.5) is 0 Å². The molecule has 0 aromatic heterocycles. The van der Waals surface area contributed by atoms with E-state index in [-0.39, 0.29) is 5.75 Å². The second-order valence-corrected chi connectivity index (χ2v) is 9.22. The molecule has 1 saturated carbocycles. The minimum Gasteiger partial charge on any atom is -0.298 e. The Morgan fingerprint density at radius 3 is 2.12 bits per heavy atom. The van der Waals surface area contributed by atoms with Crippen LogP contribution in [0, 0.1) is 0 Å². The van der Waals surface area contributed by atoms with E-state index in [1.54, 1.807) is 4.31 Å². The van der Waals surface area contributed by atoms with Crippen LogP contribution in [0.2, 0.25) is 0 Å². The number of nitrogens with zero attached hydrogens (tertiary/aromatic N) is 2. The van der Waals surface area contributed by atoms with Crippen molar-refractivity contribution in [1.29, 1.82) is 0 Å². The lowest BCUT2D eigenvalue weighted by Gasteiger charge is -2.38. The van der Waals surface area contributed by atoms with Crippen molar-refractivity contribution < 1.29 is 8.42 Å². The summed E-state index contributed by atoms with van der Waals surface area (Å²) in [6.07, 6.45) is 8.59. The molecule has 1 saturated heterocycles. The predicted molar refractivity (Wildman–Crippen MR) is 98.6 cm³/mol. The zero-order valence-corrected chi connectivity index (χ0v) is 15.4. The molecule has 134 valence electrons. The average Bonchev–Trinajstić information content (AvgIpc) is 2.91. The van der Waals surface area contributed by atoms with Gasteiger partial charge in [0.05, 0.1) is 5.75 Å². The van der Waals surface area contributed by atoms with Gasteiger partial charge in [-0.15, -0.1) is 0 Å². The first-order valence-corrected chi connectivity index (χ1v) is 11.0. The number of rotatable bonds is 5. The number of hydrogen-bond donors (Lipinski definition) is 0. The summed E-state index contributed by atoms with van der Waals surface area (Å²) in [6.45, 7) is 3.12. The minimum atomic E-state index is -3.14. The summed E-state index contributed by atoms with van der Waals surface area (Å²) >= 11 is 0. The summed E-state index contributed by atoms with van der Waals surface area (Å²) < 4.78 is 26.9. The van der Waals surface area contributed by atoms with Crippen molar-refractivity contribution in [3.05, 3.63) is 35.9 Å². The summed E-state index contributed by atoms with van der Waals surface area (Å²) in [5.74, 6) is 0.223. The van der Waals surface area contributed by atoms with Gasteiger partial charge in [-0.1, -0.05) is 56.0 Å². The Balaban J connectivity index is 1.49. The Morgan fingerprint density at radius 1 is 0.875 bits per heavy atom. The SMILES string of the molecule is O=S(=O)(CCc1ccccc1)N1CCN(C2CCCCCC2)CC1. The average molecular weight is 351 g/mol. The molecular weight excluding hydrogens is 320 g/mol. The Morgan fingerprint density at radius 2 is 1.50 bits per heavy atom. The van der Waals surface area contributed by atoms with Crippen molar-refractivity contribution in [1.82, 2.24) is 9.21 Å². The molecule has 0 radical (unpaired) electrons. The van der Waals surface area contributed by atoms with Crippen molar-refractivity contribution in [3.63, 3.8) is 0 Å². The molecule has 1 aromatic carbocycles. The van der Waals surface area contributed by atoms with Gasteiger partial charge in [-0.25, -0.2) is 8.42 Å². The predicted octanol–water partition coefficient (Wildman–Crippen LogP) is 2.90. The van der Waals surface area contributed by atoms with Gasteiger partial charge in [-0.2, -0.15) is 4.31 Å². The van der Waals surface area contributed by atoms with E-state index in [1.807, 2.05) is 30.3 Å². The van der Waals surface area contributed by atoms with Crippen LogP contribution in [-0.2, 0) is 16.4 Å². The van der Waals surface area contributed by atoms with Gasteiger partial charge >= 0.3 is 0 Å². The highest BCUT2D eigenvalue weighted by Crippen LogP contribution is 2.23. The Hall–Kier alpha value is -0.910. The van der Waals surface area contributed by atoms with Gasteiger partial charge < -0.3 is 0 Å². The van der Waals surface area contributed by atoms with Crippen LogP contribution in [0.15, 0.2) is 30.3 Å². The van der Waals surface area contributed by atoms with E-state index in [9.17, 15) is 8.42 Å². The fourth-order valence-corrected chi connectivity index (χ4v) is 5.46. The van der Waals surface area contributed by atoms with Crippen molar-refractivity contribution in [2.75, 3.05) is 31.9 Å². The maximum absolute atomic E-state index is 12.6. The quantitative estimate of drug-likeness (QED) is 0.767. The van der Waals surface area contributed by atoms with E-state index in [4.69, 9.17) is 0 Å². The first-order chi connectivity index (χ1) is 11.6. The van der Waals surface area contributed by atoms with Gasteiger partial charge in [-0.3, -0.25) is 4.90 Å². The van der Waals surface area contributed by atoms with E-state index in [1.165, 1.54) is 38.5 Å². The third-order valence-electron chi connectivity index (χ3n) is 5.50. The second kappa shape index (κ2) is 8.45. The molecular formula is C19H30N2O2S. The number of sulfonamides is 1. The van der Waals surface area contributed by atoms with Gasteiger partial charge in [0, 0.05) is 32.2 Å². The number of aryl methyl sites for hydroxylation is 1. The molecule has 3 rings (SSSR count). The summed E-state index contributed by atoms with van der Waals surface area (Å²) in [6, 6.07) is 10.6. The maximum Gasteiger partial charge on any atom is 0.214 e. The Labute approximate surface area is 146 Å². The maximum atomic E-state index is 12.6. The van der Waals surface area contributed by atoms with Crippen molar-refractivity contribution in [2.24, 2.45) is 0 Å². The van der Waals surface area contributed by atoms with Crippen LogP contribution in [0.3, 0.4) is 0 Å². The third kappa shape index (κ3) is 4.80. The van der Waals surface area contributed by atoms with Crippen molar-refractivity contribution >= 4 is 10.0 Å². The number of hydrogen-bond acceptors (Lipinski definition) is 3. The van der Waals surface area contributed by atoms with Crippen molar-refractivity contribution in [2.45, 2.75) is 51.0 Å². The topological polar surface area (TPSA) is 40.6 Å². The fourth-order valence-electron chi connectivity index (χ4n) is 3.99. The highest BCUT2D eigenvalue weighted by Gasteiger charge is 2.29. The normalized spacial score (nSPS) is 22.3. The van der Waals surface area contributed by atoms with E-state index >= 15 is 0 Å². The largest absolute Gasteiger partial charge is 0.298 e. The van der Waals surface area contributed by atoms with E-state index in [0.29, 0.717) is 25.6 Å². The molecule has 24 heavy (non-hydrogen) atoms. The molecule has 0 spiro atoms. The van der Waals surface area contributed by atoms with Crippen LogP contribution >= 0.6 is 0 Å². The molecule has 0 amide bonds. The van der Waals surface area contributed by atoms with Gasteiger partial charge in [0.1, 0.15) is 0 Å².